The summed E-state index contributed by atoms with van der Waals surface area (Å²) in [7, 11) is 1.70. The van der Waals surface area contributed by atoms with Crippen molar-refractivity contribution in [2.24, 2.45) is 0 Å². The lowest BCUT2D eigenvalue weighted by Crippen LogP contribution is -2.09. The molecule has 0 aromatic heterocycles. The quantitative estimate of drug-likeness (QED) is 0.394. The van der Waals surface area contributed by atoms with Gasteiger partial charge in [0.15, 0.2) is 0 Å². The average Bonchev–Trinajstić information content (AvgIpc) is 2.70. The number of methoxy groups -OCH3 is 1. The Balaban J connectivity index is 1.85. The van der Waals surface area contributed by atoms with Crippen LogP contribution in [0.1, 0.15) is 11.1 Å². The van der Waals surface area contributed by atoms with E-state index in [1.165, 1.54) is 21.9 Å². The molecule has 0 radical (unpaired) electrons. The smallest absolute Gasteiger partial charge is 0.119 e. The first-order chi connectivity index (χ1) is 13.1. The van der Waals surface area contributed by atoms with Gasteiger partial charge in [-0.3, -0.25) is 0 Å². The summed E-state index contributed by atoms with van der Waals surface area (Å²) in [5.41, 5.74) is 5.96. The number of anilines is 3. The summed E-state index contributed by atoms with van der Waals surface area (Å²) in [4.78, 5) is 2.29. The van der Waals surface area contributed by atoms with Crippen molar-refractivity contribution in [3.05, 3.63) is 96.1 Å². The molecular weight excluding hydrogens is 330 g/mol. The minimum Gasteiger partial charge on any atom is -0.497 e. The maximum atomic E-state index is 5.35. The maximum Gasteiger partial charge on any atom is 0.119 e. The Morgan fingerprint density at radius 2 is 1.04 bits per heavy atom. The molecule has 0 amide bonds. The number of hydrogen-bond acceptors (Lipinski definition) is 2. The highest BCUT2D eigenvalue weighted by Crippen LogP contribution is 2.36. The van der Waals surface area contributed by atoms with Gasteiger partial charge in [0.25, 0.3) is 0 Å². The highest BCUT2D eigenvalue weighted by Gasteiger charge is 2.13. The highest BCUT2D eigenvalue weighted by atomic mass is 16.5. The topological polar surface area (TPSA) is 12.5 Å². The van der Waals surface area contributed by atoms with Crippen LogP contribution in [0.3, 0.4) is 0 Å². The highest BCUT2D eigenvalue weighted by molar-refractivity contribution is 5.90. The summed E-state index contributed by atoms with van der Waals surface area (Å²) in [6.45, 7) is 4.23. The third-order valence-corrected chi connectivity index (χ3v) is 4.87. The molecule has 0 aliphatic rings. The molecule has 0 aliphatic carbocycles. The van der Waals surface area contributed by atoms with Gasteiger partial charge in [-0.2, -0.15) is 0 Å². The van der Waals surface area contributed by atoms with Crippen LogP contribution in [0.25, 0.3) is 10.8 Å². The van der Waals surface area contributed by atoms with Crippen molar-refractivity contribution < 1.29 is 4.74 Å². The lowest BCUT2D eigenvalue weighted by atomic mass is 10.1. The molecule has 0 bridgehead atoms. The third-order valence-electron chi connectivity index (χ3n) is 4.87. The van der Waals surface area contributed by atoms with Crippen LogP contribution < -0.4 is 9.64 Å². The molecular formula is C25H23NO. The van der Waals surface area contributed by atoms with E-state index in [1.807, 2.05) is 6.07 Å². The van der Waals surface area contributed by atoms with E-state index in [4.69, 9.17) is 4.74 Å². The van der Waals surface area contributed by atoms with E-state index in [-0.39, 0.29) is 0 Å². The van der Waals surface area contributed by atoms with Gasteiger partial charge in [-0.1, -0.05) is 47.5 Å². The normalized spacial score (nSPS) is 10.8. The second kappa shape index (κ2) is 7.16. The first-order valence-corrected chi connectivity index (χ1v) is 9.15. The zero-order valence-corrected chi connectivity index (χ0v) is 15.9. The monoisotopic (exact) mass is 353 g/mol. The first kappa shape index (κ1) is 17.2. The van der Waals surface area contributed by atoms with Crippen molar-refractivity contribution in [2.45, 2.75) is 13.8 Å². The standard InChI is InChI=1S/C25H23NO/c1-18-4-10-22(11-5-18)26(23-12-6-19(2)7-13-23)24-14-8-21-17-25(27-3)15-9-20(21)16-24/h4-17H,1-3H3. The number of nitrogens with zero attached hydrogens (tertiary/aromatic N) is 1. The molecule has 0 N–H and O–H groups in total. The zero-order valence-electron chi connectivity index (χ0n) is 15.9. The molecule has 27 heavy (non-hydrogen) atoms. The van der Waals surface area contributed by atoms with Crippen LogP contribution in [0, 0.1) is 13.8 Å². The Morgan fingerprint density at radius 1 is 0.556 bits per heavy atom. The molecule has 0 heterocycles. The second-order valence-electron chi connectivity index (χ2n) is 6.90. The van der Waals surface area contributed by atoms with E-state index < -0.39 is 0 Å². The van der Waals surface area contributed by atoms with Gasteiger partial charge in [-0.15, -0.1) is 0 Å². The summed E-state index contributed by atoms with van der Waals surface area (Å²) < 4.78 is 5.35. The fourth-order valence-corrected chi connectivity index (χ4v) is 3.31. The van der Waals surface area contributed by atoms with Crippen LogP contribution in [0.2, 0.25) is 0 Å². The minimum absolute atomic E-state index is 0.879. The predicted molar refractivity (Wildman–Crippen MR) is 115 cm³/mol. The summed E-state index contributed by atoms with van der Waals surface area (Å²) in [6.07, 6.45) is 0. The summed E-state index contributed by atoms with van der Waals surface area (Å²) in [6, 6.07) is 30.1. The Morgan fingerprint density at radius 3 is 1.59 bits per heavy atom. The van der Waals surface area contributed by atoms with Crippen molar-refractivity contribution >= 4 is 27.8 Å². The van der Waals surface area contributed by atoms with Gasteiger partial charge in [0.05, 0.1) is 7.11 Å². The van der Waals surface area contributed by atoms with E-state index in [2.05, 4.69) is 97.6 Å². The lowest BCUT2D eigenvalue weighted by Gasteiger charge is -2.26. The van der Waals surface area contributed by atoms with Crippen LogP contribution in [-0.2, 0) is 0 Å². The molecule has 2 nitrogen and oxygen atoms in total. The molecule has 4 aromatic rings. The third kappa shape index (κ3) is 3.52. The molecule has 0 atom stereocenters. The second-order valence-corrected chi connectivity index (χ2v) is 6.90. The molecule has 4 rings (SSSR count). The molecule has 0 saturated heterocycles. The van der Waals surface area contributed by atoms with Crippen molar-refractivity contribution in [3.63, 3.8) is 0 Å². The zero-order chi connectivity index (χ0) is 18.8. The fraction of sp³-hybridized carbons (Fsp3) is 0.120. The number of benzene rings is 4. The molecule has 2 heteroatoms. The van der Waals surface area contributed by atoms with Gasteiger partial charge in [-0.05, 0) is 73.2 Å². The molecule has 0 fully saturated rings. The van der Waals surface area contributed by atoms with Crippen molar-refractivity contribution in [1.82, 2.24) is 0 Å². The molecule has 0 unspecified atom stereocenters. The Bertz CT molecular complexity index is 1020. The van der Waals surface area contributed by atoms with Gasteiger partial charge in [0, 0.05) is 17.1 Å². The maximum absolute atomic E-state index is 5.35. The molecule has 134 valence electrons. The van der Waals surface area contributed by atoms with Gasteiger partial charge in [-0.25, -0.2) is 0 Å². The van der Waals surface area contributed by atoms with Crippen LogP contribution in [0.15, 0.2) is 84.9 Å². The van der Waals surface area contributed by atoms with Crippen LogP contribution in [-0.4, -0.2) is 7.11 Å². The molecule has 0 saturated carbocycles. The number of hydrogen-bond donors (Lipinski definition) is 0. The Hall–Kier alpha value is -3.26. The van der Waals surface area contributed by atoms with Crippen molar-refractivity contribution in [2.75, 3.05) is 12.0 Å². The molecule has 0 spiro atoms. The van der Waals surface area contributed by atoms with Crippen LogP contribution in [0.4, 0.5) is 17.1 Å². The number of aryl methyl sites for hydroxylation is 2. The van der Waals surface area contributed by atoms with E-state index >= 15 is 0 Å². The van der Waals surface area contributed by atoms with Gasteiger partial charge >= 0.3 is 0 Å². The molecule has 4 aromatic carbocycles. The predicted octanol–water partition coefficient (Wildman–Crippen LogP) is 6.94. The minimum atomic E-state index is 0.879. The van der Waals surface area contributed by atoms with Gasteiger partial charge in [0.2, 0.25) is 0 Å². The van der Waals surface area contributed by atoms with Gasteiger partial charge < -0.3 is 9.64 Å². The number of ether oxygens (including phenoxy) is 1. The lowest BCUT2D eigenvalue weighted by molar-refractivity contribution is 0.415. The SMILES string of the molecule is COc1ccc2cc(N(c3ccc(C)cc3)c3ccc(C)cc3)ccc2c1. The average molecular weight is 353 g/mol. The van der Waals surface area contributed by atoms with E-state index in [0.717, 1.165) is 22.8 Å². The fourth-order valence-electron chi connectivity index (χ4n) is 3.31. The Labute approximate surface area is 160 Å². The summed E-state index contributed by atoms with van der Waals surface area (Å²) in [5.74, 6) is 0.879. The van der Waals surface area contributed by atoms with E-state index in [9.17, 15) is 0 Å². The number of fused-ring (bicyclic) bond motifs is 1. The largest absolute Gasteiger partial charge is 0.497 e. The van der Waals surface area contributed by atoms with Crippen LogP contribution in [0.5, 0.6) is 5.75 Å². The van der Waals surface area contributed by atoms with Crippen LogP contribution >= 0.6 is 0 Å². The summed E-state index contributed by atoms with van der Waals surface area (Å²) in [5, 5.41) is 2.36. The Kier molecular flexibility index (Phi) is 4.55. The molecule has 0 aliphatic heterocycles. The van der Waals surface area contributed by atoms with E-state index in [1.54, 1.807) is 7.11 Å². The summed E-state index contributed by atoms with van der Waals surface area (Å²) >= 11 is 0. The van der Waals surface area contributed by atoms with E-state index in [0.29, 0.717) is 0 Å². The van der Waals surface area contributed by atoms with Gasteiger partial charge in [0.1, 0.15) is 5.75 Å². The first-order valence-electron chi connectivity index (χ1n) is 9.15. The number of rotatable bonds is 4. The van der Waals surface area contributed by atoms with Crippen molar-refractivity contribution in [1.29, 1.82) is 0 Å². The van der Waals surface area contributed by atoms with Crippen molar-refractivity contribution in [3.8, 4) is 5.75 Å².